The predicted octanol–water partition coefficient (Wildman–Crippen LogP) is 1.74. The highest BCUT2D eigenvalue weighted by Crippen LogP contribution is 2.21. The minimum Gasteiger partial charge on any atom is -0.477 e. The van der Waals surface area contributed by atoms with E-state index in [1.54, 1.807) is 18.3 Å². The Balaban J connectivity index is 2.82. The van der Waals surface area contributed by atoms with Crippen LogP contribution in [0.25, 0.3) is 5.65 Å². The lowest BCUT2D eigenvalue weighted by Crippen LogP contribution is -2.06. The highest BCUT2D eigenvalue weighted by molar-refractivity contribution is 5.88. The molecule has 84 valence electrons. The number of nitrogens with two attached hydrogens (primary N) is 1. The molecule has 0 aliphatic heterocycles. The van der Waals surface area contributed by atoms with Crippen molar-refractivity contribution in [2.24, 2.45) is 0 Å². The molecule has 16 heavy (non-hydrogen) atoms. The first-order valence-electron chi connectivity index (χ1n) is 5.01. The standard InChI is InChI=1S/C11H13N3O2/c1-6(2)9-10(11(15)16)14-5-7(12)3-4-8(14)13-9/h3-6H,12H2,1-2H3,(H,15,16). The average molecular weight is 219 g/mol. The zero-order valence-corrected chi connectivity index (χ0v) is 9.14. The molecule has 0 aliphatic rings. The number of hydrogen-bond acceptors (Lipinski definition) is 3. The molecule has 2 aromatic heterocycles. The molecule has 0 atom stereocenters. The number of carboxylic acid groups (broad SMARTS) is 1. The van der Waals surface area contributed by atoms with Crippen molar-refractivity contribution >= 4 is 17.3 Å². The minimum absolute atomic E-state index is 0.0622. The average Bonchev–Trinajstić information content (AvgIpc) is 2.55. The fraction of sp³-hybridized carbons (Fsp3) is 0.273. The van der Waals surface area contributed by atoms with Crippen LogP contribution in [0.1, 0.15) is 35.9 Å². The van der Waals surface area contributed by atoms with Crippen molar-refractivity contribution in [2.45, 2.75) is 19.8 Å². The number of anilines is 1. The maximum absolute atomic E-state index is 11.2. The molecular weight excluding hydrogens is 206 g/mol. The van der Waals surface area contributed by atoms with Crippen LogP contribution in [0.4, 0.5) is 5.69 Å². The first-order valence-corrected chi connectivity index (χ1v) is 5.01. The van der Waals surface area contributed by atoms with E-state index >= 15 is 0 Å². The lowest BCUT2D eigenvalue weighted by Gasteiger charge is -2.02. The fourth-order valence-corrected chi connectivity index (χ4v) is 1.69. The van der Waals surface area contributed by atoms with Crippen LogP contribution in [0.3, 0.4) is 0 Å². The van der Waals surface area contributed by atoms with Gasteiger partial charge in [0.05, 0.1) is 5.69 Å². The summed E-state index contributed by atoms with van der Waals surface area (Å²) in [5.41, 5.74) is 7.53. The van der Waals surface area contributed by atoms with Gasteiger partial charge in [-0.2, -0.15) is 0 Å². The van der Waals surface area contributed by atoms with Crippen molar-refractivity contribution in [3.8, 4) is 0 Å². The summed E-state index contributed by atoms with van der Waals surface area (Å²) in [5.74, 6) is -0.922. The third-order valence-corrected chi connectivity index (χ3v) is 2.42. The maximum atomic E-state index is 11.2. The Bertz CT molecular complexity index is 558. The van der Waals surface area contributed by atoms with Gasteiger partial charge in [-0.15, -0.1) is 0 Å². The van der Waals surface area contributed by atoms with E-state index in [-0.39, 0.29) is 11.6 Å². The Kier molecular flexibility index (Phi) is 2.30. The summed E-state index contributed by atoms with van der Waals surface area (Å²) in [7, 11) is 0. The molecule has 0 amide bonds. The quantitative estimate of drug-likeness (QED) is 0.806. The summed E-state index contributed by atoms with van der Waals surface area (Å²) in [4.78, 5) is 15.5. The lowest BCUT2D eigenvalue weighted by atomic mass is 10.1. The van der Waals surface area contributed by atoms with Gasteiger partial charge >= 0.3 is 5.97 Å². The zero-order chi connectivity index (χ0) is 11.9. The number of aromatic nitrogens is 2. The molecule has 0 radical (unpaired) electrons. The van der Waals surface area contributed by atoms with E-state index in [9.17, 15) is 9.90 Å². The topological polar surface area (TPSA) is 80.6 Å². The molecule has 0 saturated carbocycles. The number of nitrogens with zero attached hydrogens (tertiary/aromatic N) is 2. The highest BCUT2D eigenvalue weighted by atomic mass is 16.4. The highest BCUT2D eigenvalue weighted by Gasteiger charge is 2.20. The van der Waals surface area contributed by atoms with Gasteiger partial charge in [0.25, 0.3) is 0 Å². The molecule has 0 spiro atoms. The van der Waals surface area contributed by atoms with Gasteiger partial charge in [0.15, 0.2) is 5.69 Å². The second-order valence-corrected chi connectivity index (χ2v) is 4.00. The van der Waals surface area contributed by atoms with Crippen molar-refractivity contribution < 1.29 is 9.90 Å². The smallest absolute Gasteiger partial charge is 0.354 e. The third-order valence-electron chi connectivity index (χ3n) is 2.42. The van der Waals surface area contributed by atoms with Crippen molar-refractivity contribution in [1.29, 1.82) is 0 Å². The molecule has 5 heteroatoms. The maximum Gasteiger partial charge on any atom is 0.354 e. The molecule has 0 saturated heterocycles. The number of nitrogen functional groups attached to an aromatic ring is 1. The molecule has 2 aromatic rings. The summed E-state index contributed by atoms with van der Waals surface area (Å²) in [6.45, 7) is 3.83. The van der Waals surface area contributed by atoms with Crippen LogP contribution in [0, 0.1) is 0 Å². The van der Waals surface area contributed by atoms with Crippen LogP contribution in [-0.4, -0.2) is 20.5 Å². The van der Waals surface area contributed by atoms with E-state index in [2.05, 4.69) is 4.98 Å². The molecule has 0 fully saturated rings. The minimum atomic E-state index is -0.984. The van der Waals surface area contributed by atoms with Gasteiger partial charge in [-0.1, -0.05) is 13.8 Å². The SMILES string of the molecule is CC(C)c1nc2ccc(N)cn2c1C(=O)O. The van der Waals surface area contributed by atoms with Crippen LogP contribution in [0.5, 0.6) is 0 Å². The normalized spacial score (nSPS) is 11.2. The molecule has 0 unspecified atom stereocenters. The largest absolute Gasteiger partial charge is 0.477 e. The van der Waals surface area contributed by atoms with E-state index in [1.165, 1.54) is 4.40 Å². The summed E-state index contributed by atoms with van der Waals surface area (Å²) in [6.07, 6.45) is 1.58. The van der Waals surface area contributed by atoms with E-state index in [1.807, 2.05) is 13.8 Å². The zero-order valence-electron chi connectivity index (χ0n) is 9.14. The van der Waals surface area contributed by atoms with Crippen molar-refractivity contribution in [1.82, 2.24) is 9.38 Å². The predicted molar refractivity (Wildman–Crippen MR) is 60.7 cm³/mol. The summed E-state index contributed by atoms with van der Waals surface area (Å²) < 4.78 is 1.52. The summed E-state index contributed by atoms with van der Waals surface area (Å²) in [5, 5.41) is 9.19. The molecule has 0 bridgehead atoms. The monoisotopic (exact) mass is 219 g/mol. The number of hydrogen-bond donors (Lipinski definition) is 2. The van der Waals surface area contributed by atoms with Gasteiger partial charge in [-0.05, 0) is 18.1 Å². The molecule has 0 aliphatic carbocycles. The van der Waals surface area contributed by atoms with Gasteiger partial charge in [0, 0.05) is 11.9 Å². The lowest BCUT2D eigenvalue weighted by molar-refractivity contribution is 0.0687. The third kappa shape index (κ3) is 1.50. The van der Waals surface area contributed by atoms with Crippen LogP contribution in [0.2, 0.25) is 0 Å². The number of imidazole rings is 1. The van der Waals surface area contributed by atoms with Crippen molar-refractivity contribution in [3.63, 3.8) is 0 Å². The first-order chi connectivity index (χ1) is 7.50. The second kappa shape index (κ2) is 3.52. The van der Waals surface area contributed by atoms with Crippen molar-refractivity contribution in [3.05, 3.63) is 29.7 Å². The second-order valence-electron chi connectivity index (χ2n) is 4.00. The number of fused-ring (bicyclic) bond motifs is 1. The summed E-state index contributed by atoms with van der Waals surface area (Å²) >= 11 is 0. The first kappa shape index (κ1) is 10.5. The van der Waals surface area contributed by atoms with Gasteiger partial charge in [-0.25, -0.2) is 9.78 Å². The Hall–Kier alpha value is -2.04. The van der Waals surface area contributed by atoms with Gasteiger partial charge in [0.1, 0.15) is 5.65 Å². The molecular formula is C11H13N3O2. The number of carboxylic acids is 1. The Morgan fingerprint density at radius 2 is 2.19 bits per heavy atom. The number of aromatic carboxylic acids is 1. The Morgan fingerprint density at radius 1 is 1.50 bits per heavy atom. The molecule has 2 rings (SSSR count). The molecule has 5 nitrogen and oxygen atoms in total. The fourth-order valence-electron chi connectivity index (χ4n) is 1.69. The number of carbonyl (C=O) groups is 1. The Labute approximate surface area is 92.5 Å². The van der Waals surface area contributed by atoms with E-state index in [0.29, 0.717) is 17.0 Å². The summed E-state index contributed by atoms with van der Waals surface area (Å²) in [6, 6.07) is 3.42. The van der Waals surface area contributed by atoms with Gasteiger partial charge < -0.3 is 10.8 Å². The van der Waals surface area contributed by atoms with Crippen LogP contribution >= 0.6 is 0 Å². The van der Waals surface area contributed by atoms with Crippen LogP contribution < -0.4 is 5.73 Å². The molecule has 3 N–H and O–H groups in total. The van der Waals surface area contributed by atoms with Crippen molar-refractivity contribution in [2.75, 3.05) is 5.73 Å². The van der Waals surface area contributed by atoms with E-state index < -0.39 is 5.97 Å². The van der Waals surface area contributed by atoms with Gasteiger partial charge in [0.2, 0.25) is 0 Å². The van der Waals surface area contributed by atoms with E-state index in [0.717, 1.165) is 0 Å². The van der Waals surface area contributed by atoms with Gasteiger partial charge in [-0.3, -0.25) is 4.40 Å². The van der Waals surface area contributed by atoms with Crippen LogP contribution in [-0.2, 0) is 0 Å². The van der Waals surface area contributed by atoms with Crippen LogP contribution in [0.15, 0.2) is 18.3 Å². The van der Waals surface area contributed by atoms with E-state index in [4.69, 9.17) is 5.73 Å². The molecule has 2 heterocycles. The Morgan fingerprint density at radius 3 is 2.75 bits per heavy atom. The number of pyridine rings is 1. The molecule has 0 aromatic carbocycles. The number of rotatable bonds is 2.